The number of nitrogens with one attached hydrogen (secondary N) is 2. The highest BCUT2D eigenvalue weighted by Crippen LogP contribution is 2.24. The number of imide groups is 1. The Hall–Kier alpha value is -1.95. The maximum atomic E-state index is 11.5. The molecule has 1 rings (SSSR count). The van der Waals surface area contributed by atoms with E-state index in [4.69, 9.17) is 21.1 Å². The molecule has 0 aliphatic carbocycles. The van der Waals surface area contributed by atoms with E-state index in [1.807, 2.05) is 0 Å². The highest BCUT2D eigenvalue weighted by molar-refractivity contribution is 6.31. The van der Waals surface area contributed by atoms with Gasteiger partial charge in [-0.15, -0.1) is 11.6 Å². The van der Waals surface area contributed by atoms with Gasteiger partial charge in [0.25, 0.3) is 0 Å². The van der Waals surface area contributed by atoms with Gasteiger partial charge in [-0.1, -0.05) is 0 Å². The van der Waals surface area contributed by atoms with E-state index in [1.165, 1.54) is 14.0 Å². The number of benzene rings is 1. The zero-order chi connectivity index (χ0) is 15.1. The molecule has 0 aliphatic rings. The summed E-state index contributed by atoms with van der Waals surface area (Å²) in [6, 6.07) is 4.62. The van der Waals surface area contributed by atoms with Crippen LogP contribution in [0.5, 0.6) is 11.5 Å². The lowest BCUT2D eigenvalue weighted by molar-refractivity contribution is -0.119. The maximum Gasteiger partial charge on any atom is 0.321 e. The van der Waals surface area contributed by atoms with Crippen LogP contribution in [-0.4, -0.2) is 31.5 Å². The first-order valence-electron chi connectivity index (χ1n) is 5.91. The Kier molecular flexibility index (Phi) is 6.11. The number of methoxy groups -OCH3 is 2. The number of hydrogen-bond donors (Lipinski definition) is 2. The van der Waals surface area contributed by atoms with E-state index >= 15 is 0 Å². The molecule has 2 N–H and O–H groups in total. The van der Waals surface area contributed by atoms with Crippen molar-refractivity contribution in [1.82, 2.24) is 10.6 Å². The second-order valence-corrected chi connectivity index (χ2v) is 4.62. The first kappa shape index (κ1) is 16.1. The molecule has 0 aromatic heterocycles. The normalized spacial score (nSPS) is 11.4. The lowest BCUT2D eigenvalue weighted by Crippen LogP contribution is -2.41. The van der Waals surface area contributed by atoms with Crippen molar-refractivity contribution >= 4 is 23.5 Å². The van der Waals surface area contributed by atoms with Crippen LogP contribution in [0.25, 0.3) is 0 Å². The summed E-state index contributed by atoms with van der Waals surface area (Å²) in [6.45, 7) is 1.69. The van der Waals surface area contributed by atoms with Gasteiger partial charge in [0.05, 0.1) is 14.2 Å². The van der Waals surface area contributed by atoms with E-state index in [1.54, 1.807) is 25.3 Å². The molecule has 1 unspecified atom stereocenters. The van der Waals surface area contributed by atoms with Gasteiger partial charge in [0.1, 0.15) is 16.9 Å². The second-order valence-electron chi connectivity index (χ2n) is 3.97. The summed E-state index contributed by atoms with van der Waals surface area (Å²) in [4.78, 5) is 22.7. The average molecular weight is 301 g/mol. The van der Waals surface area contributed by atoms with Gasteiger partial charge in [-0.05, 0) is 19.1 Å². The van der Waals surface area contributed by atoms with E-state index < -0.39 is 17.3 Å². The van der Waals surface area contributed by atoms with Crippen molar-refractivity contribution in [3.8, 4) is 11.5 Å². The molecular weight excluding hydrogens is 284 g/mol. The van der Waals surface area contributed by atoms with E-state index in [-0.39, 0.29) is 6.54 Å². The van der Waals surface area contributed by atoms with Crippen LogP contribution < -0.4 is 20.1 Å². The minimum absolute atomic E-state index is 0.211. The SMILES string of the molecule is COc1ccc(CNC(=O)NC(=O)C(C)Cl)c(OC)c1. The van der Waals surface area contributed by atoms with Crippen LogP contribution in [0.1, 0.15) is 12.5 Å². The molecule has 1 atom stereocenters. The first-order valence-corrected chi connectivity index (χ1v) is 6.35. The molecule has 0 saturated heterocycles. The van der Waals surface area contributed by atoms with Gasteiger partial charge in [-0.2, -0.15) is 0 Å². The van der Waals surface area contributed by atoms with E-state index in [0.717, 1.165) is 5.56 Å². The van der Waals surface area contributed by atoms with Crippen LogP contribution in [-0.2, 0) is 11.3 Å². The lowest BCUT2D eigenvalue weighted by atomic mass is 10.2. The van der Waals surface area contributed by atoms with Crippen LogP contribution >= 0.6 is 11.6 Å². The summed E-state index contributed by atoms with van der Waals surface area (Å²) in [5.41, 5.74) is 0.759. The standard InChI is InChI=1S/C13H17ClN2O4/c1-8(14)12(17)16-13(18)15-7-9-4-5-10(19-2)6-11(9)20-3/h4-6,8H,7H2,1-3H3,(H2,15,16,17,18). The third-order valence-electron chi connectivity index (χ3n) is 2.53. The minimum Gasteiger partial charge on any atom is -0.497 e. The Balaban J connectivity index is 2.61. The molecule has 1 aromatic rings. The third-order valence-corrected chi connectivity index (χ3v) is 2.73. The smallest absolute Gasteiger partial charge is 0.321 e. The number of carbonyl (C=O) groups excluding carboxylic acids is 2. The number of halogens is 1. The van der Waals surface area contributed by atoms with E-state index in [9.17, 15) is 9.59 Å². The monoisotopic (exact) mass is 300 g/mol. The predicted molar refractivity (Wildman–Crippen MR) is 75.2 cm³/mol. The number of rotatable bonds is 5. The fraction of sp³-hybridized carbons (Fsp3) is 0.385. The molecule has 0 aliphatic heterocycles. The van der Waals surface area contributed by atoms with Crippen molar-refractivity contribution in [1.29, 1.82) is 0 Å². The zero-order valence-corrected chi connectivity index (χ0v) is 12.3. The fourth-order valence-corrected chi connectivity index (χ4v) is 1.48. The molecule has 110 valence electrons. The van der Waals surface area contributed by atoms with Crippen LogP contribution in [0.4, 0.5) is 4.79 Å². The molecule has 6 nitrogen and oxygen atoms in total. The van der Waals surface area contributed by atoms with Crippen molar-refractivity contribution < 1.29 is 19.1 Å². The van der Waals surface area contributed by atoms with Crippen LogP contribution in [0.2, 0.25) is 0 Å². The molecule has 7 heteroatoms. The predicted octanol–water partition coefficient (Wildman–Crippen LogP) is 1.66. The first-order chi connectivity index (χ1) is 9.47. The Morgan fingerprint density at radius 2 is 2.00 bits per heavy atom. The summed E-state index contributed by atoms with van der Waals surface area (Å²) in [5, 5.41) is 3.90. The summed E-state index contributed by atoms with van der Waals surface area (Å²) in [7, 11) is 3.08. The molecule has 20 heavy (non-hydrogen) atoms. The summed E-state index contributed by atoms with van der Waals surface area (Å²) in [6.07, 6.45) is 0. The number of alkyl halides is 1. The second kappa shape index (κ2) is 7.59. The molecule has 0 saturated carbocycles. The fourth-order valence-electron chi connectivity index (χ4n) is 1.43. The van der Waals surface area contributed by atoms with Gasteiger partial charge in [-0.3, -0.25) is 10.1 Å². The van der Waals surface area contributed by atoms with Crippen molar-refractivity contribution in [2.45, 2.75) is 18.8 Å². The molecule has 0 radical (unpaired) electrons. The molecule has 0 heterocycles. The molecule has 0 spiro atoms. The van der Waals surface area contributed by atoms with Gasteiger partial charge < -0.3 is 14.8 Å². The van der Waals surface area contributed by atoms with Gasteiger partial charge in [0, 0.05) is 18.2 Å². The Morgan fingerprint density at radius 1 is 1.30 bits per heavy atom. The lowest BCUT2D eigenvalue weighted by Gasteiger charge is -2.12. The van der Waals surface area contributed by atoms with Crippen molar-refractivity contribution in [2.75, 3.05) is 14.2 Å². The molecule has 1 aromatic carbocycles. The van der Waals surface area contributed by atoms with E-state index in [0.29, 0.717) is 11.5 Å². The Bertz CT molecular complexity index is 491. The quantitative estimate of drug-likeness (QED) is 0.811. The van der Waals surface area contributed by atoms with Gasteiger partial charge >= 0.3 is 6.03 Å². The van der Waals surface area contributed by atoms with Crippen LogP contribution in [0.3, 0.4) is 0 Å². The van der Waals surface area contributed by atoms with Crippen LogP contribution in [0, 0.1) is 0 Å². The maximum absolute atomic E-state index is 11.5. The van der Waals surface area contributed by atoms with Gasteiger partial charge in [0.2, 0.25) is 5.91 Å². The third kappa shape index (κ3) is 4.62. The summed E-state index contributed by atoms with van der Waals surface area (Å²) >= 11 is 5.54. The minimum atomic E-state index is -0.767. The number of urea groups is 1. The van der Waals surface area contributed by atoms with Crippen molar-refractivity contribution in [2.24, 2.45) is 0 Å². The largest absolute Gasteiger partial charge is 0.497 e. The average Bonchev–Trinajstić information content (AvgIpc) is 2.44. The molecular formula is C13H17ClN2O4. The Labute approximate surface area is 122 Å². The van der Waals surface area contributed by atoms with Gasteiger partial charge in [-0.25, -0.2) is 4.79 Å². The number of amides is 3. The van der Waals surface area contributed by atoms with E-state index in [2.05, 4.69) is 10.6 Å². The molecule has 3 amide bonds. The number of hydrogen-bond acceptors (Lipinski definition) is 4. The Morgan fingerprint density at radius 3 is 2.55 bits per heavy atom. The van der Waals surface area contributed by atoms with Gasteiger partial charge in [0.15, 0.2) is 0 Å². The summed E-state index contributed by atoms with van der Waals surface area (Å²) < 4.78 is 10.3. The van der Waals surface area contributed by atoms with Crippen molar-refractivity contribution in [3.05, 3.63) is 23.8 Å². The highest BCUT2D eigenvalue weighted by atomic mass is 35.5. The topological polar surface area (TPSA) is 76.7 Å². The van der Waals surface area contributed by atoms with Crippen LogP contribution in [0.15, 0.2) is 18.2 Å². The highest BCUT2D eigenvalue weighted by Gasteiger charge is 2.13. The number of carbonyl (C=O) groups is 2. The number of ether oxygens (including phenoxy) is 2. The zero-order valence-electron chi connectivity index (χ0n) is 11.5. The molecule has 0 bridgehead atoms. The summed E-state index contributed by atoms with van der Waals surface area (Å²) in [5.74, 6) is 0.689. The van der Waals surface area contributed by atoms with Crippen molar-refractivity contribution in [3.63, 3.8) is 0 Å². The molecule has 0 fully saturated rings.